The SMILES string of the molecule is CN1CC2CNCCN2c2cccc(O)c21. The fourth-order valence-electron chi connectivity index (χ4n) is 2.79. The minimum absolute atomic E-state index is 0.386. The lowest BCUT2D eigenvalue weighted by atomic mass is 10.0. The Hall–Kier alpha value is -1.42. The van der Waals surface area contributed by atoms with E-state index in [2.05, 4.69) is 21.2 Å². The Balaban J connectivity index is 2.08. The Morgan fingerprint density at radius 1 is 1.44 bits per heavy atom. The predicted molar refractivity (Wildman–Crippen MR) is 65.4 cm³/mol. The molecule has 0 saturated carbocycles. The first-order chi connectivity index (χ1) is 7.77. The van der Waals surface area contributed by atoms with Crippen molar-refractivity contribution in [3.05, 3.63) is 18.2 Å². The van der Waals surface area contributed by atoms with Gasteiger partial charge < -0.3 is 20.2 Å². The number of benzene rings is 1. The van der Waals surface area contributed by atoms with Gasteiger partial charge in [-0.2, -0.15) is 0 Å². The second-order valence-electron chi connectivity index (χ2n) is 4.58. The van der Waals surface area contributed by atoms with Gasteiger partial charge in [0.25, 0.3) is 0 Å². The molecule has 1 fully saturated rings. The molecule has 0 bridgehead atoms. The summed E-state index contributed by atoms with van der Waals surface area (Å²) in [5.74, 6) is 0.386. The molecule has 1 atom stereocenters. The van der Waals surface area contributed by atoms with Crippen LogP contribution in [0, 0.1) is 0 Å². The molecule has 1 aromatic carbocycles. The van der Waals surface area contributed by atoms with E-state index in [-0.39, 0.29) is 0 Å². The third-order valence-corrected chi connectivity index (χ3v) is 3.52. The number of phenolic OH excluding ortho intramolecular Hbond substituents is 1. The molecule has 1 aromatic rings. The summed E-state index contributed by atoms with van der Waals surface area (Å²) in [6, 6.07) is 6.31. The average molecular weight is 219 g/mol. The largest absolute Gasteiger partial charge is 0.506 e. The molecule has 0 aromatic heterocycles. The molecule has 4 heteroatoms. The van der Waals surface area contributed by atoms with Crippen molar-refractivity contribution in [1.29, 1.82) is 0 Å². The molecule has 1 unspecified atom stereocenters. The lowest BCUT2D eigenvalue weighted by Gasteiger charge is -2.46. The van der Waals surface area contributed by atoms with Crippen LogP contribution >= 0.6 is 0 Å². The molecule has 4 nitrogen and oxygen atoms in total. The predicted octanol–water partition coefficient (Wildman–Crippen LogP) is 0.620. The summed E-state index contributed by atoms with van der Waals surface area (Å²) in [6.45, 7) is 4.04. The highest BCUT2D eigenvalue weighted by molar-refractivity contribution is 5.79. The van der Waals surface area contributed by atoms with Crippen LogP contribution in [0.4, 0.5) is 11.4 Å². The van der Waals surface area contributed by atoms with E-state index >= 15 is 0 Å². The number of nitrogens with zero attached hydrogens (tertiary/aromatic N) is 2. The fourth-order valence-corrected chi connectivity index (χ4v) is 2.79. The summed E-state index contributed by atoms with van der Waals surface area (Å²) in [5.41, 5.74) is 2.14. The van der Waals surface area contributed by atoms with E-state index in [4.69, 9.17) is 0 Å². The van der Waals surface area contributed by atoms with Gasteiger partial charge in [0, 0.05) is 33.2 Å². The summed E-state index contributed by atoms with van der Waals surface area (Å²) in [5, 5.41) is 13.4. The zero-order valence-electron chi connectivity index (χ0n) is 9.48. The zero-order valence-corrected chi connectivity index (χ0v) is 9.48. The van der Waals surface area contributed by atoms with Crippen molar-refractivity contribution in [2.24, 2.45) is 0 Å². The first kappa shape index (κ1) is 9.78. The van der Waals surface area contributed by atoms with Gasteiger partial charge in [0.05, 0.1) is 11.7 Å². The molecule has 0 amide bonds. The van der Waals surface area contributed by atoms with Crippen molar-refractivity contribution >= 4 is 11.4 Å². The molecule has 3 rings (SSSR count). The molecular weight excluding hydrogens is 202 g/mol. The summed E-state index contributed by atoms with van der Waals surface area (Å²) in [6.07, 6.45) is 0. The summed E-state index contributed by atoms with van der Waals surface area (Å²) in [4.78, 5) is 4.56. The molecule has 0 spiro atoms. The number of piperazine rings is 1. The van der Waals surface area contributed by atoms with E-state index in [9.17, 15) is 5.11 Å². The van der Waals surface area contributed by atoms with Gasteiger partial charge in [0.1, 0.15) is 11.4 Å². The first-order valence-corrected chi connectivity index (χ1v) is 5.78. The minimum Gasteiger partial charge on any atom is -0.506 e. The number of aromatic hydroxyl groups is 1. The highest BCUT2D eigenvalue weighted by atomic mass is 16.3. The summed E-state index contributed by atoms with van der Waals surface area (Å²) >= 11 is 0. The number of anilines is 2. The monoisotopic (exact) mass is 219 g/mol. The van der Waals surface area contributed by atoms with Crippen molar-refractivity contribution < 1.29 is 5.11 Å². The maximum Gasteiger partial charge on any atom is 0.141 e. The Labute approximate surface area is 95.5 Å². The van der Waals surface area contributed by atoms with Crippen LogP contribution in [0.2, 0.25) is 0 Å². The third kappa shape index (κ3) is 1.33. The van der Waals surface area contributed by atoms with Crippen LogP contribution in [0.1, 0.15) is 0 Å². The van der Waals surface area contributed by atoms with Gasteiger partial charge in [-0.05, 0) is 12.1 Å². The number of para-hydroxylation sites is 1. The van der Waals surface area contributed by atoms with E-state index < -0.39 is 0 Å². The van der Waals surface area contributed by atoms with Gasteiger partial charge in [-0.1, -0.05) is 6.07 Å². The highest BCUT2D eigenvalue weighted by Gasteiger charge is 2.32. The Morgan fingerprint density at radius 3 is 3.19 bits per heavy atom. The number of nitrogens with one attached hydrogen (secondary N) is 1. The summed E-state index contributed by atoms with van der Waals surface area (Å²) in [7, 11) is 2.05. The third-order valence-electron chi connectivity index (χ3n) is 3.52. The number of rotatable bonds is 0. The van der Waals surface area contributed by atoms with Crippen LogP contribution in [0.15, 0.2) is 18.2 Å². The van der Waals surface area contributed by atoms with Crippen molar-refractivity contribution in [3.63, 3.8) is 0 Å². The van der Waals surface area contributed by atoms with E-state index in [1.54, 1.807) is 6.07 Å². The van der Waals surface area contributed by atoms with Crippen LogP contribution in [0.3, 0.4) is 0 Å². The van der Waals surface area contributed by atoms with Crippen molar-refractivity contribution in [1.82, 2.24) is 5.32 Å². The smallest absolute Gasteiger partial charge is 0.141 e. The number of hydrogen-bond acceptors (Lipinski definition) is 4. The van der Waals surface area contributed by atoms with Crippen LogP contribution in [-0.2, 0) is 0 Å². The quantitative estimate of drug-likeness (QED) is 0.671. The van der Waals surface area contributed by atoms with E-state index in [0.717, 1.165) is 31.9 Å². The molecule has 2 aliphatic heterocycles. The number of hydrogen-bond donors (Lipinski definition) is 2. The van der Waals surface area contributed by atoms with Gasteiger partial charge in [-0.25, -0.2) is 0 Å². The van der Waals surface area contributed by atoms with Gasteiger partial charge in [-0.15, -0.1) is 0 Å². The van der Waals surface area contributed by atoms with E-state index in [1.165, 1.54) is 5.69 Å². The van der Waals surface area contributed by atoms with Crippen LogP contribution in [0.5, 0.6) is 5.75 Å². The molecule has 2 N–H and O–H groups in total. The molecule has 0 aliphatic carbocycles. The minimum atomic E-state index is 0.386. The Morgan fingerprint density at radius 2 is 2.31 bits per heavy atom. The van der Waals surface area contributed by atoms with Gasteiger partial charge >= 0.3 is 0 Å². The lowest BCUT2D eigenvalue weighted by molar-refractivity contribution is 0.448. The maximum absolute atomic E-state index is 9.93. The van der Waals surface area contributed by atoms with E-state index in [1.807, 2.05) is 13.1 Å². The maximum atomic E-state index is 9.93. The van der Waals surface area contributed by atoms with Gasteiger partial charge in [0.2, 0.25) is 0 Å². The lowest BCUT2D eigenvalue weighted by Crippen LogP contribution is -2.58. The first-order valence-electron chi connectivity index (χ1n) is 5.78. The number of fused-ring (bicyclic) bond motifs is 3. The zero-order chi connectivity index (χ0) is 11.1. The second kappa shape index (κ2) is 3.56. The molecule has 2 heterocycles. The van der Waals surface area contributed by atoms with Gasteiger partial charge in [0.15, 0.2) is 0 Å². The van der Waals surface area contributed by atoms with E-state index in [0.29, 0.717) is 11.8 Å². The van der Waals surface area contributed by atoms with Crippen LogP contribution in [0.25, 0.3) is 0 Å². The standard InChI is InChI=1S/C12H17N3O/c1-14-8-9-7-13-5-6-15(9)10-3-2-4-11(16)12(10)14/h2-4,9,13,16H,5-8H2,1H3. The topological polar surface area (TPSA) is 38.7 Å². The molecule has 2 aliphatic rings. The Kier molecular flexibility index (Phi) is 2.17. The van der Waals surface area contributed by atoms with Crippen molar-refractivity contribution in [2.45, 2.75) is 6.04 Å². The number of phenols is 1. The summed E-state index contributed by atoms with van der Waals surface area (Å²) < 4.78 is 0. The normalized spacial score (nSPS) is 23.9. The van der Waals surface area contributed by atoms with Crippen LogP contribution < -0.4 is 15.1 Å². The molecule has 16 heavy (non-hydrogen) atoms. The molecule has 0 radical (unpaired) electrons. The van der Waals surface area contributed by atoms with Crippen LogP contribution in [-0.4, -0.2) is 44.4 Å². The molecule has 86 valence electrons. The average Bonchev–Trinajstić information content (AvgIpc) is 2.29. The second-order valence-corrected chi connectivity index (χ2v) is 4.58. The van der Waals surface area contributed by atoms with Crippen molar-refractivity contribution in [3.8, 4) is 5.75 Å². The Bertz CT molecular complexity index is 407. The number of likely N-dealkylation sites (N-methyl/N-ethyl adjacent to an activating group) is 1. The molecule has 1 saturated heterocycles. The highest BCUT2D eigenvalue weighted by Crippen LogP contribution is 2.41. The fraction of sp³-hybridized carbons (Fsp3) is 0.500. The van der Waals surface area contributed by atoms with Gasteiger partial charge in [-0.3, -0.25) is 0 Å². The molecular formula is C12H17N3O. The van der Waals surface area contributed by atoms with Crippen molar-refractivity contribution in [2.75, 3.05) is 43.0 Å².